The zero-order valence-corrected chi connectivity index (χ0v) is 14.5. The van der Waals surface area contributed by atoms with Crippen LogP contribution in [0.3, 0.4) is 0 Å². The van der Waals surface area contributed by atoms with E-state index in [4.69, 9.17) is 0 Å². The summed E-state index contributed by atoms with van der Waals surface area (Å²) in [6.07, 6.45) is 4.86. The molecule has 0 heterocycles. The molecule has 1 aromatic rings. The minimum Gasteiger partial charge on any atom is -0.309 e. The van der Waals surface area contributed by atoms with Gasteiger partial charge in [0, 0.05) is 12.6 Å². The number of aryl methyl sites for hydroxylation is 1. The second kappa shape index (κ2) is 10.8. The van der Waals surface area contributed by atoms with Gasteiger partial charge < -0.3 is 10.2 Å². The van der Waals surface area contributed by atoms with Crippen LogP contribution in [0.15, 0.2) is 24.3 Å². The minimum absolute atomic E-state index is 0.448. The fourth-order valence-electron chi connectivity index (χ4n) is 2.92. The van der Waals surface area contributed by atoms with Crippen LogP contribution in [0.4, 0.5) is 0 Å². The molecule has 0 bridgehead atoms. The van der Waals surface area contributed by atoms with E-state index in [1.54, 1.807) is 0 Å². The molecule has 0 amide bonds. The highest BCUT2D eigenvalue weighted by Crippen LogP contribution is 2.17. The number of rotatable bonds is 11. The summed E-state index contributed by atoms with van der Waals surface area (Å²) in [4.78, 5) is 2.59. The van der Waals surface area contributed by atoms with E-state index in [-0.39, 0.29) is 0 Å². The Morgan fingerprint density at radius 3 is 2.00 bits per heavy atom. The molecular formula is C19H34N2. The molecule has 0 spiro atoms. The van der Waals surface area contributed by atoms with E-state index in [1.807, 2.05) is 0 Å². The maximum absolute atomic E-state index is 3.66. The van der Waals surface area contributed by atoms with Crippen molar-refractivity contribution in [3.8, 4) is 0 Å². The summed E-state index contributed by atoms with van der Waals surface area (Å²) < 4.78 is 0. The Balaban J connectivity index is 2.74. The van der Waals surface area contributed by atoms with Crippen molar-refractivity contribution < 1.29 is 0 Å². The summed E-state index contributed by atoms with van der Waals surface area (Å²) in [6, 6.07) is 9.67. The van der Waals surface area contributed by atoms with Gasteiger partial charge in [-0.2, -0.15) is 0 Å². The van der Waals surface area contributed by atoms with Crippen molar-refractivity contribution in [2.24, 2.45) is 0 Å². The first-order chi connectivity index (χ1) is 10.2. The molecule has 1 rings (SSSR count). The van der Waals surface area contributed by atoms with Gasteiger partial charge in [0.2, 0.25) is 0 Å². The van der Waals surface area contributed by atoms with Crippen LogP contribution in [0.1, 0.15) is 64.1 Å². The molecule has 0 aliphatic rings. The third-order valence-corrected chi connectivity index (χ3v) is 3.89. The first-order valence-electron chi connectivity index (χ1n) is 8.79. The fraction of sp³-hybridized carbons (Fsp3) is 0.684. The largest absolute Gasteiger partial charge is 0.309 e. The van der Waals surface area contributed by atoms with Gasteiger partial charge in [0.15, 0.2) is 0 Å². The molecule has 1 unspecified atom stereocenters. The Morgan fingerprint density at radius 2 is 1.52 bits per heavy atom. The van der Waals surface area contributed by atoms with Gasteiger partial charge in [-0.3, -0.25) is 0 Å². The smallest absolute Gasteiger partial charge is 0.0449 e. The highest BCUT2D eigenvalue weighted by Gasteiger charge is 2.14. The molecule has 2 heteroatoms. The van der Waals surface area contributed by atoms with Crippen molar-refractivity contribution in [2.45, 2.75) is 59.4 Å². The predicted octanol–water partition coefficient (Wildman–Crippen LogP) is 4.41. The van der Waals surface area contributed by atoms with Crippen LogP contribution >= 0.6 is 0 Å². The second-order valence-corrected chi connectivity index (χ2v) is 5.90. The predicted molar refractivity (Wildman–Crippen MR) is 93.9 cm³/mol. The number of likely N-dealkylation sites (N-methyl/N-ethyl adjacent to an activating group) is 1. The monoisotopic (exact) mass is 290 g/mol. The normalized spacial score (nSPS) is 12.8. The number of nitrogens with zero attached hydrogens (tertiary/aromatic N) is 1. The quantitative estimate of drug-likeness (QED) is 0.649. The van der Waals surface area contributed by atoms with Crippen LogP contribution in [0.5, 0.6) is 0 Å². The topological polar surface area (TPSA) is 15.3 Å². The molecule has 21 heavy (non-hydrogen) atoms. The lowest BCUT2D eigenvalue weighted by atomic mass is 10.0. The molecule has 0 saturated heterocycles. The van der Waals surface area contributed by atoms with Crippen LogP contribution in [-0.2, 0) is 6.42 Å². The Bertz CT molecular complexity index is 352. The van der Waals surface area contributed by atoms with Crippen LogP contribution < -0.4 is 5.32 Å². The molecular weight excluding hydrogens is 256 g/mol. The van der Waals surface area contributed by atoms with E-state index < -0.39 is 0 Å². The van der Waals surface area contributed by atoms with E-state index in [0.29, 0.717) is 6.04 Å². The highest BCUT2D eigenvalue weighted by molar-refractivity contribution is 5.25. The average molecular weight is 290 g/mol. The molecule has 0 radical (unpaired) electrons. The summed E-state index contributed by atoms with van der Waals surface area (Å²) in [7, 11) is 0. The van der Waals surface area contributed by atoms with Gasteiger partial charge in [-0.15, -0.1) is 0 Å². The van der Waals surface area contributed by atoms with Crippen molar-refractivity contribution in [3.05, 3.63) is 35.4 Å². The molecule has 1 atom stereocenters. The first kappa shape index (κ1) is 18.2. The first-order valence-corrected chi connectivity index (χ1v) is 8.79. The van der Waals surface area contributed by atoms with Gasteiger partial charge in [-0.25, -0.2) is 0 Å². The van der Waals surface area contributed by atoms with Crippen molar-refractivity contribution in [2.75, 3.05) is 26.2 Å². The van der Waals surface area contributed by atoms with Gasteiger partial charge in [0.05, 0.1) is 0 Å². The number of hydrogen-bond acceptors (Lipinski definition) is 2. The Labute approximate surface area is 131 Å². The van der Waals surface area contributed by atoms with Crippen molar-refractivity contribution in [3.63, 3.8) is 0 Å². The van der Waals surface area contributed by atoms with Gasteiger partial charge in [-0.05, 0) is 50.0 Å². The second-order valence-electron chi connectivity index (χ2n) is 5.90. The van der Waals surface area contributed by atoms with Crippen LogP contribution in [-0.4, -0.2) is 31.1 Å². The lowest BCUT2D eigenvalue weighted by molar-refractivity contribution is 0.244. The van der Waals surface area contributed by atoms with Gasteiger partial charge in [-0.1, -0.05) is 58.4 Å². The fourth-order valence-corrected chi connectivity index (χ4v) is 2.92. The Hall–Kier alpha value is -0.860. The van der Waals surface area contributed by atoms with Crippen molar-refractivity contribution in [1.29, 1.82) is 0 Å². The molecule has 120 valence electrons. The average Bonchev–Trinajstić information content (AvgIpc) is 2.48. The zero-order valence-electron chi connectivity index (χ0n) is 14.5. The molecule has 0 fully saturated rings. The highest BCUT2D eigenvalue weighted by atomic mass is 15.1. The molecule has 0 aliphatic carbocycles. The van der Waals surface area contributed by atoms with E-state index >= 15 is 0 Å². The van der Waals surface area contributed by atoms with E-state index in [1.165, 1.54) is 49.9 Å². The number of hydrogen-bond donors (Lipinski definition) is 1. The Morgan fingerprint density at radius 1 is 0.905 bits per heavy atom. The summed E-state index contributed by atoms with van der Waals surface area (Å²) in [5.74, 6) is 0. The van der Waals surface area contributed by atoms with Crippen LogP contribution in [0.25, 0.3) is 0 Å². The lowest BCUT2D eigenvalue weighted by Gasteiger charge is -2.28. The minimum atomic E-state index is 0.448. The van der Waals surface area contributed by atoms with E-state index in [9.17, 15) is 0 Å². The van der Waals surface area contributed by atoms with E-state index in [2.05, 4.69) is 62.2 Å². The van der Waals surface area contributed by atoms with Gasteiger partial charge >= 0.3 is 0 Å². The molecule has 0 aliphatic heterocycles. The third-order valence-electron chi connectivity index (χ3n) is 3.89. The Kier molecular flexibility index (Phi) is 9.36. The molecule has 1 aromatic carbocycles. The summed E-state index contributed by atoms with van der Waals surface area (Å²) in [5, 5.41) is 3.66. The third kappa shape index (κ3) is 6.62. The lowest BCUT2D eigenvalue weighted by Crippen LogP contribution is -2.36. The zero-order chi connectivity index (χ0) is 15.5. The van der Waals surface area contributed by atoms with Crippen molar-refractivity contribution in [1.82, 2.24) is 10.2 Å². The van der Waals surface area contributed by atoms with Crippen molar-refractivity contribution >= 4 is 0 Å². The summed E-state index contributed by atoms with van der Waals surface area (Å²) in [6.45, 7) is 13.5. The molecule has 0 aromatic heterocycles. The maximum atomic E-state index is 3.66. The molecule has 1 N–H and O–H groups in total. The van der Waals surface area contributed by atoms with E-state index in [0.717, 1.165) is 13.1 Å². The van der Waals surface area contributed by atoms with Crippen LogP contribution in [0, 0.1) is 0 Å². The van der Waals surface area contributed by atoms with Gasteiger partial charge in [0.25, 0.3) is 0 Å². The van der Waals surface area contributed by atoms with Crippen LogP contribution in [0.2, 0.25) is 0 Å². The number of benzene rings is 1. The number of nitrogens with one attached hydrogen (secondary N) is 1. The summed E-state index contributed by atoms with van der Waals surface area (Å²) in [5.41, 5.74) is 2.88. The van der Waals surface area contributed by atoms with Gasteiger partial charge in [0.1, 0.15) is 0 Å². The summed E-state index contributed by atoms with van der Waals surface area (Å²) >= 11 is 0. The SMILES string of the molecule is CCCc1ccc(C(CN(CCC)CCC)NCC)cc1. The molecule has 0 saturated carbocycles. The standard InChI is InChI=1S/C19H34N2/c1-5-9-17-10-12-18(13-11-17)19(20-8-4)16-21(14-6-2)15-7-3/h10-13,19-20H,5-9,14-16H2,1-4H3. The maximum Gasteiger partial charge on any atom is 0.0449 e. The molecule has 2 nitrogen and oxygen atoms in total.